The van der Waals surface area contributed by atoms with Gasteiger partial charge in [0.15, 0.2) is 0 Å². The Morgan fingerprint density at radius 2 is 1.76 bits per heavy atom. The summed E-state index contributed by atoms with van der Waals surface area (Å²) in [5.41, 5.74) is 4.87. The fraction of sp³-hybridized carbons (Fsp3) is 0.292. The molecular formula is C24H27N5O3S. The van der Waals surface area contributed by atoms with Gasteiger partial charge in [0, 0.05) is 22.7 Å². The summed E-state index contributed by atoms with van der Waals surface area (Å²) < 4.78 is 5.21. The average Bonchev–Trinajstić information content (AvgIpc) is 3.34. The number of hydrogen-bond acceptors (Lipinski definition) is 5. The number of anilines is 2. The summed E-state index contributed by atoms with van der Waals surface area (Å²) in [5, 5.41) is 9.20. The quantitative estimate of drug-likeness (QED) is 0.440. The van der Waals surface area contributed by atoms with E-state index in [0.29, 0.717) is 16.5 Å². The first-order valence-corrected chi connectivity index (χ1v) is 11.8. The number of carbonyl (C=O) groups is 2. The molecule has 0 unspecified atom stereocenters. The van der Waals surface area contributed by atoms with Crippen molar-refractivity contribution in [3.8, 4) is 17.0 Å². The molecule has 0 spiro atoms. The Morgan fingerprint density at radius 3 is 2.45 bits per heavy atom. The van der Waals surface area contributed by atoms with Crippen molar-refractivity contribution in [2.24, 2.45) is 0 Å². The normalized spacial score (nSPS) is 13.7. The van der Waals surface area contributed by atoms with E-state index < -0.39 is 12.1 Å². The molecule has 172 valence electrons. The van der Waals surface area contributed by atoms with Crippen LogP contribution in [0.5, 0.6) is 5.75 Å². The molecule has 4 rings (SSSR count). The predicted molar refractivity (Wildman–Crippen MR) is 131 cm³/mol. The number of thiazole rings is 1. The summed E-state index contributed by atoms with van der Waals surface area (Å²) in [4.78, 5) is 30.4. The third-order valence-electron chi connectivity index (χ3n) is 5.45. The van der Waals surface area contributed by atoms with E-state index in [4.69, 9.17) is 4.74 Å². The highest BCUT2D eigenvalue weighted by Crippen LogP contribution is 2.28. The van der Waals surface area contributed by atoms with Crippen molar-refractivity contribution in [2.75, 3.05) is 17.4 Å². The molecule has 3 N–H and O–H groups in total. The average molecular weight is 466 g/mol. The zero-order valence-electron chi connectivity index (χ0n) is 18.4. The van der Waals surface area contributed by atoms with Crippen LogP contribution >= 0.6 is 11.3 Å². The second kappa shape index (κ2) is 10.8. The molecule has 4 amide bonds. The second-order valence-corrected chi connectivity index (χ2v) is 8.63. The van der Waals surface area contributed by atoms with E-state index in [0.717, 1.165) is 37.0 Å². The van der Waals surface area contributed by atoms with Crippen molar-refractivity contribution in [1.82, 2.24) is 15.7 Å². The van der Waals surface area contributed by atoms with Gasteiger partial charge in [0.2, 0.25) is 5.13 Å². The molecular weight excluding hydrogens is 438 g/mol. The molecule has 8 nitrogen and oxygen atoms in total. The first-order valence-electron chi connectivity index (χ1n) is 11.0. The van der Waals surface area contributed by atoms with Gasteiger partial charge >= 0.3 is 12.1 Å². The van der Waals surface area contributed by atoms with Gasteiger partial charge in [-0.25, -0.2) is 20.0 Å². The number of carbonyl (C=O) groups excluding carboxylic acids is 2. The largest absolute Gasteiger partial charge is 0.497 e. The molecule has 0 atom stereocenters. The highest BCUT2D eigenvalue weighted by molar-refractivity contribution is 7.14. The fourth-order valence-electron chi connectivity index (χ4n) is 3.71. The van der Waals surface area contributed by atoms with Crippen molar-refractivity contribution in [3.05, 3.63) is 60.0 Å². The molecule has 1 aliphatic carbocycles. The highest BCUT2D eigenvalue weighted by atomic mass is 32.1. The van der Waals surface area contributed by atoms with Gasteiger partial charge in [-0.15, -0.1) is 11.3 Å². The minimum atomic E-state index is -0.527. The lowest BCUT2D eigenvalue weighted by molar-refractivity contribution is 0.231. The zero-order chi connectivity index (χ0) is 23.0. The molecule has 1 heterocycles. The van der Waals surface area contributed by atoms with E-state index in [9.17, 15) is 9.59 Å². The van der Waals surface area contributed by atoms with Crippen molar-refractivity contribution in [2.45, 2.75) is 38.1 Å². The van der Waals surface area contributed by atoms with Crippen LogP contribution in [0.1, 0.15) is 32.1 Å². The first-order chi connectivity index (χ1) is 16.1. The summed E-state index contributed by atoms with van der Waals surface area (Å²) in [6.45, 7) is 0. The lowest BCUT2D eigenvalue weighted by Crippen LogP contribution is -2.54. The van der Waals surface area contributed by atoms with Gasteiger partial charge in [-0.2, -0.15) is 5.01 Å². The van der Waals surface area contributed by atoms with Crippen LogP contribution in [0.3, 0.4) is 0 Å². The monoisotopic (exact) mass is 465 g/mol. The number of urea groups is 2. The van der Waals surface area contributed by atoms with Crippen molar-refractivity contribution in [3.63, 3.8) is 0 Å². The van der Waals surface area contributed by atoms with Crippen LogP contribution in [0.4, 0.5) is 20.4 Å². The van der Waals surface area contributed by atoms with Crippen LogP contribution < -0.4 is 25.8 Å². The van der Waals surface area contributed by atoms with Crippen LogP contribution in [-0.4, -0.2) is 30.2 Å². The summed E-state index contributed by atoms with van der Waals surface area (Å²) in [6, 6.07) is 15.7. The maximum absolute atomic E-state index is 13.2. The van der Waals surface area contributed by atoms with Crippen LogP contribution in [-0.2, 0) is 0 Å². The number of amides is 4. The second-order valence-electron chi connectivity index (χ2n) is 7.80. The number of nitrogens with zero attached hydrogens (tertiary/aromatic N) is 2. The van der Waals surface area contributed by atoms with Gasteiger partial charge in [0.25, 0.3) is 0 Å². The number of aromatic nitrogens is 1. The third-order valence-corrected chi connectivity index (χ3v) is 6.28. The summed E-state index contributed by atoms with van der Waals surface area (Å²) in [7, 11) is 1.62. The molecule has 0 aliphatic heterocycles. The predicted octanol–water partition coefficient (Wildman–Crippen LogP) is 5.40. The molecule has 1 fully saturated rings. The molecule has 0 bridgehead atoms. The minimum absolute atomic E-state index is 0.0914. The number of rotatable bonds is 5. The minimum Gasteiger partial charge on any atom is -0.497 e. The number of ether oxygens (including phenoxy) is 1. The molecule has 1 saturated carbocycles. The number of hydrazine groups is 1. The van der Waals surface area contributed by atoms with Gasteiger partial charge in [-0.3, -0.25) is 0 Å². The van der Waals surface area contributed by atoms with Crippen LogP contribution in [0, 0.1) is 0 Å². The third kappa shape index (κ3) is 6.01. The number of nitrogens with one attached hydrogen (secondary N) is 3. The standard InChI is InChI=1S/C24H27N5O3S/c1-32-20-14-12-17(13-15-20)21-16-33-24(27-21)29(23(31)26-19-10-6-3-7-11-19)28-22(30)25-18-8-4-2-5-9-18/h2,4-5,8-9,12-16,19H,3,6-7,10-11H2,1H3,(H,26,31)(H2,25,28,30). The maximum Gasteiger partial charge on any atom is 0.343 e. The molecule has 0 radical (unpaired) electrons. The first kappa shape index (κ1) is 22.6. The van der Waals surface area contributed by atoms with Crippen molar-refractivity contribution < 1.29 is 14.3 Å². The fourth-order valence-corrected chi connectivity index (χ4v) is 4.51. The number of para-hydroxylation sites is 1. The summed E-state index contributed by atoms with van der Waals surface area (Å²) in [5.74, 6) is 0.752. The Balaban J connectivity index is 1.52. The molecule has 33 heavy (non-hydrogen) atoms. The van der Waals surface area contributed by atoms with Gasteiger partial charge in [0.05, 0.1) is 12.8 Å². The highest BCUT2D eigenvalue weighted by Gasteiger charge is 2.25. The van der Waals surface area contributed by atoms with Crippen LogP contribution in [0.15, 0.2) is 60.0 Å². The van der Waals surface area contributed by atoms with E-state index in [2.05, 4.69) is 21.0 Å². The molecule has 9 heteroatoms. The Morgan fingerprint density at radius 1 is 1.03 bits per heavy atom. The van der Waals surface area contributed by atoms with E-state index in [-0.39, 0.29) is 6.04 Å². The van der Waals surface area contributed by atoms with Crippen LogP contribution in [0.25, 0.3) is 11.3 Å². The molecule has 1 aliphatic rings. The molecule has 1 aromatic heterocycles. The number of methoxy groups -OCH3 is 1. The molecule has 0 saturated heterocycles. The van der Waals surface area contributed by atoms with Crippen molar-refractivity contribution in [1.29, 1.82) is 0 Å². The van der Waals surface area contributed by atoms with Crippen LogP contribution in [0.2, 0.25) is 0 Å². The SMILES string of the molecule is COc1ccc(-c2csc(N(NC(=O)Nc3ccccc3)C(=O)NC3CCCCC3)n2)cc1. The van der Waals surface area contributed by atoms with Crippen molar-refractivity contribution >= 4 is 34.2 Å². The van der Waals surface area contributed by atoms with E-state index in [1.165, 1.54) is 22.8 Å². The number of benzene rings is 2. The lowest BCUT2D eigenvalue weighted by Gasteiger charge is -2.27. The Labute approximate surface area is 197 Å². The zero-order valence-corrected chi connectivity index (χ0v) is 19.2. The molecule has 3 aromatic rings. The lowest BCUT2D eigenvalue weighted by atomic mass is 9.96. The van der Waals surface area contributed by atoms with E-state index >= 15 is 0 Å². The maximum atomic E-state index is 13.2. The number of hydrogen-bond donors (Lipinski definition) is 3. The topological polar surface area (TPSA) is 95.6 Å². The Hall–Kier alpha value is -3.59. The Kier molecular flexibility index (Phi) is 7.41. The summed E-state index contributed by atoms with van der Waals surface area (Å²) >= 11 is 1.28. The van der Waals surface area contributed by atoms with Gasteiger partial charge in [-0.1, -0.05) is 37.5 Å². The summed E-state index contributed by atoms with van der Waals surface area (Å²) in [6.07, 6.45) is 5.23. The van der Waals surface area contributed by atoms with Gasteiger partial charge < -0.3 is 15.4 Å². The Bertz CT molecular complexity index is 1070. The van der Waals surface area contributed by atoms with Gasteiger partial charge in [0.1, 0.15) is 5.75 Å². The molecule has 2 aromatic carbocycles. The van der Waals surface area contributed by atoms with E-state index in [1.54, 1.807) is 19.2 Å². The van der Waals surface area contributed by atoms with E-state index in [1.807, 2.05) is 47.8 Å². The van der Waals surface area contributed by atoms with Gasteiger partial charge in [-0.05, 0) is 49.2 Å². The smallest absolute Gasteiger partial charge is 0.343 e.